The van der Waals surface area contributed by atoms with Crippen molar-refractivity contribution in [3.63, 3.8) is 0 Å². The molecule has 2 N–H and O–H groups in total. The predicted octanol–water partition coefficient (Wildman–Crippen LogP) is 2.97. The van der Waals surface area contributed by atoms with Crippen LogP contribution < -0.4 is 5.73 Å². The maximum absolute atomic E-state index is 5.77. The average Bonchev–Trinajstić information content (AvgIpc) is 2.29. The van der Waals surface area contributed by atoms with Crippen molar-refractivity contribution in [2.75, 3.05) is 25.6 Å². The van der Waals surface area contributed by atoms with Gasteiger partial charge in [-0.3, -0.25) is 0 Å². The standard InChI is InChI=1S/C13H18BrNO2/c14-12-5-11(6-13(15)7-12)9-17-8-10-1-3-16-4-2-10/h5-7,10H,1-4,8-9,15H2. The SMILES string of the molecule is Nc1cc(Br)cc(COCC2CCOCC2)c1. The van der Waals surface area contributed by atoms with Gasteiger partial charge in [0.25, 0.3) is 0 Å². The van der Waals surface area contributed by atoms with E-state index in [2.05, 4.69) is 15.9 Å². The maximum Gasteiger partial charge on any atom is 0.0718 e. The highest BCUT2D eigenvalue weighted by molar-refractivity contribution is 9.10. The molecule has 0 saturated carbocycles. The molecule has 2 rings (SSSR count). The molecule has 0 aliphatic carbocycles. The Morgan fingerprint density at radius 2 is 2.06 bits per heavy atom. The molecule has 3 nitrogen and oxygen atoms in total. The van der Waals surface area contributed by atoms with Gasteiger partial charge in [-0.1, -0.05) is 15.9 Å². The summed E-state index contributed by atoms with van der Waals surface area (Å²) in [7, 11) is 0. The van der Waals surface area contributed by atoms with Gasteiger partial charge in [0.1, 0.15) is 0 Å². The Morgan fingerprint density at radius 1 is 1.29 bits per heavy atom. The molecule has 0 amide bonds. The topological polar surface area (TPSA) is 44.5 Å². The van der Waals surface area contributed by atoms with E-state index >= 15 is 0 Å². The van der Waals surface area contributed by atoms with E-state index in [0.717, 1.165) is 48.4 Å². The molecule has 0 unspecified atom stereocenters. The van der Waals surface area contributed by atoms with Gasteiger partial charge in [-0.05, 0) is 42.5 Å². The number of hydrogen-bond donors (Lipinski definition) is 1. The summed E-state index contributed by atoms with van der Waals surface area (Å²) >= 11 is 3.43. The molecule has 0 atom stereocenters. The van der Waals surface area contributed by atoms with Crippen molar-refractivity contribution in [2.45, 2.75) is 19.4 Å². The van der Waals surface area contributed by atoms with Crippen molar-refractivity contribution < 1.29 is 9.47 Å². The summed E-state index contributed by atoms with van der Waals surface area (Å²) < 4.78 is 12.1. The van der Waals surface area contributed by atoms with Crippen LogP contribution in [0.5, 0.6) is 0 Å². The molecule has 1 saturated heterocycles. The zero-order valence-corrected chi connectivity index (χ0v) is 11.4. The minimum atomic E-state index is 0.626. The van der Waals surface area contributed by atoms with Crippen LogP contribution in [0.3, 0.4) is 0 Å². The molecular weight excluding hydrogens is 282 g/mol. The molecule has 94 valence electrons. The van der Waals surface area contributed by atoms with Crippen molar-refractivity contribution in [1.29, 1.82) is 0 Å². The lowest BCUT2D eigenvalue weighted by molar-refractivity contribution is 0.0157. The van der Waals surface area contributed by atoms with Crippen LogP contribution in [0.4, 0.5) is 5.69 Å². The molecule has 1 aliphatic rings. The van der Waals surface area contributed by atoms with Crippen LogP contribution in [-0.4, -0.2) is 19.8 Å². The smallest absolute Gasteiger partial charge is 0.0718 e. The summed E-state index contributed by atoms with van der Waals surface area (Å²) in [5.74, 6) is 0.647. The summed E-state index contributed by atoms with van der Waals surface area (Å²) in [5, 5.41) is 0. The summed E-state index contributed by atoms with van der Waals surface area (Å²) in [6, 6.07) is 5.89. The maximum atomic E-state index is 5.77. The number of rotatable bonds is 4. The Labute approximate surface area is 110 Å². The molecule has 0 spiro atoms. The van der Waals surface area contributed by atoms with Gasteiger partial charge < -0.3 is 15.2 Å². The number of nitrogen functional groups attached to an aromatic ring is 1. The Hall–Kier alpha value is -0.580. The van der Waals surface area contributed by atoms with Gasteiger partial charge in [0.05, 0.1) is 13.2 Å². The second kappa shape index (κ2) is 6.38. The highest BCUT2D eigenvalue weighted by Gasteiger charge is 2.13. The first-order valence-electron chi connectivity index (χ1n) is 5.94. The van der Waals surface area contributed by atoms with Crippen LogP contribution in [-0.2, 0) is 16.1 Å². The number of nitrogens with two attached hydrogens (primary N) is 1. The Bertz CT molecular complexity index is 344. The third-order valence-corrected chi connectivity index (χ3v) is 3.40. The largest absolute Gasteiger partial charge is 0.399 e. The van der Waals surface area contributed by atoms with Crippen molar-refractivity contribution >= 4 is 21.6 Å². The molecule has 0 radical (unpaired) electrons. The Kier molecular flexibility index (Phi) is 4.83. The third-order valence-electron chi connectivity index (χ3n) is 2.94. The van der Waals surface area contributed by atoms with E-state index in [0.29, 0.717) is 12.5 Å². The molecule has 0 bridgehead atoms. The third kappa shape index (κ3) is 4.30. The van der Waals surface area contributed by atoms with Gasteiger partial charge in [-0.25, -0.2) is 0 Å². The van der Waals surface area contributed by atoms with E-state index in [1.807, 2.05) is 18.2 Å². The molecule has 1 fully saturated rings. The molecule has 1 aromatic rings. The first-order chi connectivity index (χ1) is 8.24. The lowest BCUT2D eigenvalue weighted by Gasteiger charge is -2.21. The number of anilines is 1. The van der Waals surface area contributed by atoms with Crippen molar-refractivity contribution in [3.8, 4) is 0 Å². The Morgan fingerprint density at radius 3 is 2.76 bits per heavy atom. The van der Waals surface area contributed by atoms with Crippen molar-refractivity contribution in [3.05, 3.63) is 28.2 Å². The summed E-state index contributed by atoms with van der Waals surface area (Å²) in [4.78, 5) is 0. The van der Waals surface area contributed by atoms with Crippen LogP contribution in [0.25, 0.3) is 0 Å². The normalized spacial score (nSPS) is 17.2. The van der Waals surface area contributed by atoms with E-state index in [-0.39, 0.29) is 0 Å². The van der Waals surface area contributed by atoms with E-state index < -0.39 is 0 Å². The minimum Gasteiger partial charge on any atom is -0.399 e. The highest BCUT2D eigenvalue weighted by Crippen LogP contribution is 2.19. The van der Waals surface area contributed by atoms with Crippen LogP contribution in [0.2, 0.25) is 0 Å². The lowest BCUT2D eigenvalue weighted by atomic mass is 10.0. The average molecular weight is 300 g/mol. The van der Waals surface area contributed by atoms with Crippen LogP contribution in [0, 0.1) is 5.92 Å². The quantitative estimate of drug-likeness (QED) is 0.869. The first kappa shape index (κ1) is 12.9. The number of halogens is 1. The summed E-state index contributed by atoms with van der Waals surface area (Å²) in [5.41, 5.74) is 7.65. The van der Waals surface area contributed by atoms with Gasteiger partial charge in [0.2, 0.25) is 0 Å². The van der Waals surface area contributed by atoms with Gasteiger partial charge >= 0.3 is 0 Å². The van der Waals surface area contributed by atoms with Crippen molar-refractivity contribution in [2.24, 2.45) is 5.92 Å². The summed E-state index contributed by atoms with van der Waals surface area (Å²) in [6.07, 6.45) is 2.22. The molecule has 1 heterocycles. The van der Waals surface area contributed by atoms with E-state index in [1.165, 1.54) is 0 Å². The minimum absolute atomic E-state index is 0.626. The first-order valence-corrected chi connectivity index (χ1v) is 6.74. The zero-order valence-electron chi connectivity index (χ0n) is 9.82. The summed E-state index contributed by atoms with van der Waals surface area (Å²) in [6.45, 7) is 3.19. The fourth-order valence-corrected chi connectivity index (χ4v) is 2.57. The van der Waals surface area contributed by atoms with Crippen LogP contribution in [0.15, 0.2) is 22.7 Å². The van der Waals surface area contributed by atoms with Gasteiger partial charge in [-0.15, -0.1) is 0 Å². The lowest BCUT2D eigenvalue weighted by Crippen LogP contribution is -2.20. The van der Waals surface area contributed by atoms with Gasteiger partial charge in [-0.2, -0.15) is 0 Å². The Balaban J connectivity index is 1.77. The van der Waals surface area contributed by atoms with Crippen molar-refractivity contribution in [1.82, 2.24) is 0 Å². The molecule has 0 aromatic heterocycles. The molecule has 17 heavy (non-hydrogen) atoms. The van der Waals surface area contributed by atoms with E-state index in [4.69, 9.17) is 15.2 Å². The highest BCUT2D eigenvalue weighted by atomic mass is 79.9. The zero-order chi connectivity index (χ0) is 12.1. The fraction of sp³-hybridized carbons (Fsp3) is 0.538. The van der Waals surface area contributed by atoms with Gasteiger partial charge in [0.15, 0.2) is 0 Å². The predicted molar refractivity (Wildman–Crippen MR) is 71.8 cm³/mol. The van der Waals surface area contributed by atoms with Crippen LogP contribution >= 0.6 is 15.9 Å². The fourth-order valence-electron chi connectivity index (χ4n) is 2.02. The molecule has 1 aliphatic heterocycles. The van der Waals surface area contributed by atoms with Gasteiger partial charge in [0, 0.05) is 23.4 Å². The van der Waals surface area contributed by atoms with E-state index in [9.17, 15) is 0 Å². The number of hydrogen-bond acceptors (Lipinski definition) is 3. The van der Waals surface area contributed by atoms with Crippen LogP contribution in [0.1, 0.15) is 18.4 Å². The monoisotopic (exact) mass is 299 g/mol. The van der Waals surface area contributed by atoms with E-state index in [1.54, 1.807) is 0 Å². The molecular formula is C13H18BrNO2. The second-order valence-electron chi connectivity index (χ2n) is 4.46. The molecule has 1 aromatic carbocycles. The molecule has 4 heteroatoms. The number of ether oxygens (including phenoxy) is 2. The number of benzene rings is 1. The second-order valence-corrected chi connectivity index (χ2v) is 5.38.